The van der Waals surface area contributed by atoms with Gasteiger partial charge in [-0.15, -0.1) is 0 Å². The van der Waals surface area contributed by atoms with E-state index in [0.717, 1.165) is 22.5 Å². The molecule has 5 nitrogen and oxygen atoms in total. The molecule has 102 valence electrons. The van der Waals surface area contributed by atoms with Crippen molar-refractivity contribution in [3.63, 3.8) is 0 Å². The Hall–Kier alpha value is -2.05. The number of benzene rings is 2. The molecule has 0 saturated heterocycles. The summed E-state index contributed by atoms with van der Waals surface area (Å²) in [5, 5.41) is 0. The highest BCUT2D eigenvalue weighted by Gasteiger charge is 1.95. The lowest BCUT2D eigenvalue weighted by atomic mass is 10.1. The van der Waals surface area contributed by atoms with E-state index in [1.54, 1.807) is 0 Å². The third kappa shape index (κ3) is 6.44. The van der Waals surface area contributed by atoms with Crippen molar-refractivity contribution in [1.82, 2.24) is 0 Å². The lowest BCUT2D eigenvalue weighted by Gasteiger charge is -2.02. The van der Waals surface area contributed by atoms with Gasteiger partial charge in [-0.2, -0.15) is 8.42 Å². The fraction of sp³-hybridized carbons (Fsp3) is 0.0769. The molecule has 0 saturated carbocycles. The van der Waals surface area contributed by atoms with E-state index >= 15 is 0 Å². The molecule has 0 atom stereocenters. The van der Waals surface area contributed by atoms with E-state index in [2.05, 4.69) is 0 Å². The van der Waals surface area contributed by atoms with E-state index in [1.807, 2.05) is 48.5 Å². The Kier molecular flexibility index (Phi) is 4.91. The number of anilines is 2. The average molecular weight is 280 g/mol. The van der Waals surface area contributed by atoms with E-state index in [4.69, 9.17) is 16.0 Å². The molecule has 0 aromatic heterocycles. The Morgan fingerprint density at radius 2 is 1.00 bits per heavy atom. The fourth-order valence-corrected chi connectivity index (χ4v) is 1.35. The predicted octanol–water partition coefficient (Wildman–Crippen LogP) is 2.02. The molecule has 0 fully saturated rings. The fourth-order valence-electron chi connectivity index (χ4n) is 1.35. The summed E-state index contributed by atoms with van der Waals surface area (Å²) in [6, 6.07) is 15.6. The van der Waals surface area contributed by atoms with Crippen molar-refractivity contribution in [3.05, 3.63) is 48.5 Å². The van der Waals surface area contributed by atoms with Crippen molar-refractivity contribution in [1.29, 1.82) is 0 Å². The smallest absolute Gasteiger partial charge is 0.261 e. The first-order valence-corrected chi connectivity index (χ1v) is 7.24. The Morgan fingerprint density at radius 1 is 0.789 bits per heavy atom. The summed E-state index contributed by atoms with van der Waals surface area (Å²) in [5.74, 6) is 0. The zero-order chi connectivity index (χ0) is 14.5. The molecular weight excluding hydrogens is 264 g/mol. The minimum Gasteiger partial charge on any atom is -0.399 e. The molecule has 6 heteroatoms. The van der Waals surface area contributed by atoms with Gasteiger partial charge >= 0.3 is 0 Å². The van der Waals surface area contributed by atoms with Gasteiger partial charge in [0.05, 0.1) is 6.26 Å². The molecule has 0 aliphatic rings. The first-order chi connectivity index (χ1) is 8.75. The quantitative estimate of drug-likeness (QED) is 0.547. The van der Waals surface area contributed by atoms with Crippen LogP contribution in [0.25, 0.3) is 11.1 Å². The number of nitrogen functional groups attached to an aromatic ring is 2. The maximum absolute atomic E-state index is 9.19. The van der Waals surface area contributed by atoms with Crippen molar-refractivity contribution in [3.8, 4) is 11.1 Å². The third-order valence-corrected chi connectivity index (χ3v) is 2.15. The summed E-state index contributed by atoms with van der Waals surface area (Å²) in [4.78, 5) is 0. The van der Waals surface area contributed by atoms with Gasteiger partial charge in [-0.1, -0.05) is 24.3 Å². The van der Waals surface area contributed by atoms with Crippen molar-refractivity contribution >= 4 is 21.5 Å². The summed E-state index contributed by atoms with van der Waals surface area (Å²) >= 11 is 0. The minimum atomic E-state index is -3.67. The van der Waals surface area contributed by atoms with Gasteiger partial charge in [0.2, 0.25) is 0 Å². The van der Waals surface area contributed by atoms with E-state index in [-0.39, 0.29) is 0 Å². The molecule has 0 radical (unpaired) electrons. The van der Waals surface area contributed by atoms with Crippen LogP contribution < -0.4 is 11.5 Å². The van der Waals surface area contributed by atoms with Crippen molar-refractivity contribution in [2.75, 3.05) is 17.7 Å². The molecule has 0 heterocycles. The molecule has 0 bridgehead atoms. The van der Waals surface area contributed by atoms with Crippen LogP contribution in [0.15, 0.2) is 48.5 Å². The molecule has 0 amide bonds. The van der Waals surface area contributed by atoms with Crippen LogP contribution in [-0.4, -0.2) is 19.2 Å². The van der Waals surface area contributed by atoms with Gasteiger partial charge in [0, 0.05) is 11.4 Å². The second kappa shape index (κ2) is 6.21. The van der Waals surface area contributed by atoms with Gasteiger partial charge < -0.3 is 11.5 Å². The average Bonchev–Trinajstić information content (AvgIpc) is 2.29. The van der Waals surface area contributed by atoms with Crippen LogP contribution >= 0.6 is 0 Å². The van der Waals surface area contributed by atoms with Crippen LogP contribution in [-0.2, 0) is 10.1 Å². The zero-order valence-corrected chi connectivity index (χ0v) is 11.3. The summed E-state index contributed by atoms with van der Waals surface area (Å²) < 4.78 is 25.9. The minimum absolute atomic E-state index is 0.715. The zero-order valence-electron chi connectivity index (χ0n) is 10.4. The molecule has 2 rings (SSSR count). The summed E-state index contributed by atoms with van der Waals surface area (Å²) in [6.07, 6.45) is 0.715. The topological polar surface area (TPSA) is 106 Å². The van der Waals surface area contributed by atoms with E-state index in [9.17, 15) is 8.42 Å². The second-order valence-electron chi connectivity index (χ2n) is 3.98. The molecule has 5 N–H and O–H groups in total. The third-order valence-electron chi connectivity index (χ3n) is 2.15. The normalized spacial score (nSPS) is 10.4. The first kappa shape index (κ1) is 15.0. The van der Waals surface area contributed by atoms with Crippen LogP contribution in [0, 0.1) is 0 Å². The highest BCUT2D eigenvalue weighted by Crippen LogP contribution is 2.21. The maximum atomic E-state index is 9.19. The molecular formula is C13H16N2O3S. The van der Waals surface area contributed by atoms with Gasteiger partial charge in [0.1, 0.15) is 0 Å². The number of nitrogens with two attached hydrogens (primary N) is 2. The number of hydrogen-bond donors (Lipinski definition) is 3. The SMILES string of the molecule is CS(=O)(=O)O.Nc1ccc(-c2ccc(N)cc2)cc1. The van der Waals surface area contributed by atoms with Gasteiger partial charge in [0.15, 0.2) is 0 Å². The highest BCUT2D eigenvalue weighted by molar-refractivity contribution is 7.85. The van der Waals surface area contributed by atoms with Crippen LogP contribution in [0.3, 0.4) is 0 Å². The van der Waals surface area contributed by atoms with Crippen LogP contribution in [0.1, 0.15) is 0 Å². The Morgan fingerprint density at radius 3 is 1.21 bits per heavy atom. The van der Waals surface area contributed by atoms with Crippen LogP contribution in [0.5, 0.6) is 0 Å². The molecule has 2 aromatic rings. The predicted molar refractivity (Wildman–Crippen MR) is 78.2 cm³/mol. The molecule has 0 spiro atoms. The van der Waals surface area contributed by atoms with Crippen molar-refractivity contribution in [2.45, 2.75) is 0 Å². The number of rotatable bonds is 1. The van der Waals surface area contributed by atoms with Gasteiger partial charge in [0.25, 0.3) is 10.1 Å². The van der Waals surface area contributed by atoms with Crippen molar-refractivity contribution in [2.24, 2.45) is 0 Å². The largest absolute Gasteiger partial charge is 0.399 e. The summed E-state index contributed by atoms with van der Waals surface area (Å²) in [5.41, 5.74) is 15.1. The van der Waals surface area contributed by atoms with E-state index in [1.165, 1.54) is 0 Å². The standard InChI is InChI=1S/C12H12N2.CH4O3S/c13-11-5-1-9(2-6-11)10-3-7-12(14)8-4-10;1-5(2,3)4/h1-8H,13-14H2;1H3,(H,2,3,4). The lowest BCUT2D eigenvalue weighted by molar-refractivity contribution is 0.490. The van der Waals surface area contributed by atoms with Crippen LogP contribution in [0.4, 0.5) is 11.4 Å². The van der Waals surface area contributed by atoms with Crippen LogP contribution in [0.2, 0.25) is 0 Å². The van der Waals surface area contributed by atoms with Gasteiger partial charge in [-0.25, -0.2) is 0 Å². The lowest BCUT2D eigenvalue weighted by Crippen LogP contribution is -1.88. The van der Waals surface area contributed by atoms with E-state index < -0.39 is 10.1 Å². The molecule has 0 unspecified atom stereocenters. The summed E-state index contributed by atoms with van der Waals surface area (Å²) in [7, 11) is -3.67. The molecule has 19 heavy (non-hydrogen) atoms. The summed E-state index contributed by atoms with van der Waals surface area (Å²) in [6.45, 7) is 0. The first-order valence-electron chi connectivity index (χ1n) is 5.39. The van der Waals surface area contributed by atoms with Gasteiger partial charge in [-0.05, 0) is 35.4 Å². The Labute approximate surface area is 112 Å². The highest BCUT2D eigenvalue weighted by atomic mass is 32.2. The monoisotopic (exact) mass is 280 g/mol. The second-order valence-corrected chi connectivity index (χ2v) is 5.44. The van der Waals surface area contributed by atoms with Gasteiger partial charge in [-0.3, -0.25) is 4.55 Å². The Bertz CT molecular complexity index is 568. The molecule has 0 aliphatic carbocycles. The van der Waals surface area contributed by atoms with E-state index in [0.29, 0.717) is 6.26 Å². The Balaban J connectivity index is 0.000000312. The number of hydrogen-bond acceptors (Lipinski definition) is 4. The molecule has 0 aliphatic heterocycles. The maximum Gasteiger partial charge on any atom is 0.261 e. The van der Waals surface area contributed by atoms with Crippen molar-refractivity contribution < 1.29 is 13.0 Å². The molecule has 2 aromatic carbocycles.